The molecule has 0 spiro atoms. The molecular formula is C17H33N3O. The summed E-state index contributed by atoms with van der Waals surface area (Å²) in [6.45, 7) is 5.02. The minimum Gasteiger partial charge on any atom is -0.348 e. The molecule has 122 valence electrons. The van der Waals surface area contributed by atoms with Crippen molar-refractivity contribution in [3.8, 4) is 0 Å². The van der Waals surface area contributed by atoms with E-state index in [0.717, 1.165) is 25.0 Å². The number of nitrogens with one attached hydrogen (secondary N) is 1. The van der Waals surface area contributed by atoms with E-state index in [2.05, 4.69) is 17.1 Å². The summed E-state index contributed by atoms with van der Waals surface area (Å²) in [6.07, 6.45) is 9.27. The average molecular weight is 295 g/mol. The standard InChI is InChI=1S/C17H33N3O/c1-4-14-6-5-7-16(12-14)18-15-8-10-20(11-9-15)13-17(21)19(2)3/h14-16,18H,4-13H2,1-3H3. The molecule has 21 heavy (non-hydrogen) atoms. The van der Waals surface area contributed by atoms with Crippen LogP contribution in [0.15, 0.2) is 0 Å². The molecule has 1 aliphatic carbocycles. The van der Waals surface area contributed by atoms with Crippen molar-refractivity contribution < 1.29 is 4.79 Å². The first-order valence-electron chi connectivity index (χ1n) is 8.77. The highest BCUT2D eigenvalue weighted by Gasteiger charge is 2.26. The predicted octanol–water partition coefficient (Wildman–Crippen LogP) is 2.10. The zero-order chi connectivity index (χ0) is 15.2. The van der Waals surface area contributed by atoms with Crippen molar-refractivity contribution in [3.63, 3.8) is 0 Å². The minimum absolute atomic E-state index is 0.222. The molecule has 1 saturated carbocycles. The minimum atomic E-state index is 0.222. The number of hydrogen-bond acceptors (Lipinski definition) is 3. The highest BCUT2D eigenvalue weighted by molar-refractivity contribution is 5.77. The van der Waals surface area contributed by atoms with Gasteiger partial charge in [-0.05, 0) is 31.6 Å². The third kappa shape index (κ3) is 5.26. The van der Waals surface area contributed by atoms with Crippen LogP contribution in [0.3, 0.4) is 0 Å². The third-order valence-corrected chi connectivity index (χ3v) is 5.28. The van der Waals surface area contributed by atoms with Gasteiger partial charge in [0.2, 0.25) is 5.91 Å². The van der Waals surface area contributed by atoms with Crippen LogP contribution in [0, 0.1) is 5.92 Å². The molecule has 4 heteroatoms. The molecule has 1 N–H and O–H groups in total. The van der Waals surface area contributed by atoms with E-state index in [1.54, 1.807) is 4.90 Å². The number of amides is 1. The lowest BCUT2D eigenvalue weighted by atomic mass is 9.83. The zero-order valence-electron chi connectivity index (χ0n) is 14.1. The summed E-state index contributed by atoms with van der Waals surface area (Å²) in [7, 11) is 3.67. The SMILES string of the molecule is CCC1CCCC(NC2CCN(CC(=O)N(C)C)CC2)C1. The molecule has 2 rings (SSSR count). The van der Waals surface area contributed by atoms with Gasteiger partial charge in [-0.15, -0.1) is 0 Å². The van der Waals surface area contributed by atoms with Crippen molar-refractivity contribution in [1.82, 2.24) is 15.1 Å². The van der Waals surface area contributed by atoms with Gasteiger partial charge in [0.25, 0.3) is 0 Å². The molecule has 1 saturated heterocycles. The second-order valence-electron chi connectivity index (χ2n) is 7.14. The highest BCUT2D eigenvalue weighted by Crippen LogP contribution is 2.27. The van der Waals surface area contributed by atoms with Crippen LogP contribution >= 0.6 is 0 Å². The quantitative estimate of drug-likeness (QED) is 0.844. The lowest BCUT2D eigenvalue weighted by Crippen LogP contribution is -2.49. The Hall–Kier alpha value is -0.610. The van der Waals surface area contributed by atoms with Crippen molar-refractivity contribution in [1.29, 1.82) is 0 Å². The van der Waals surface area contributed by atoms with Crippen LogP contribution in [0.1, 0.15) is 51.9 Å². The molecule has 2 atom stereocenters. The Morgan fingerprint density at radius 1 is 1.14 bits per heavy atom. The van der Waals surface area contributed by atoms with Crippen LogP contribution in [0.2, 0.25) is 0 Å². The summed E-state index contributed by atoms with van der Waals surface area (Å²) < 4.78 is 0. The first kappa shape index (κ1) is 16.8. The zero-order valence-corrected chi connectivity index (χ0v) is 14.1. The number of carbonyl (C=O) groups excluding carboxylic acids is 1. The van der Waals surface area contributed by atoms with Crippen molar-refractivity contribution in [3.05, 3.63) is 0 Å². The van der Waals surface area contributed by atoms with E-state index in [1.807, 2.05) is 14.1 Å². The summed E-state index contributed by atoms with van der Waals surface area (Å²) in [5.74, 6) is 1.16. The predicted molar refractivity (Wildman–Crippen MR) is 87.3 cm³/mol. The Balaban J connectivity index is 1.68. The largest absolute Gasteiger partial charge is 0.348 e. The maximum Gasteiger partial charge on any atom is 0.236 e. The fourth-order valence-corrected chi connectivity index (χ4v) is 3.74. The van der Waals surface area contributed by atoms with E-state index >= 15 is 0 Å². The number of likely N-dealkylation sites (N-methyl/N-ethyl adjacent to an activating group) is 1. The van der Waals surface area contributed by atoms with Gasteiger partial charge in [-0.2, -0.15) is 0 Å². The highest BCUT2D eigenvalue weighted by atomic mass is 16.2. The van der Waals surface area contributed by atoms with Gasteiger partial charge in [-0.3, -0.25) is 9.69 Å². The molecule has 0 aromatic heterocycles. The van der Waals surface area contributed by atoms with Crippen molar-refractivity contribution in [2.45, 2.75) is 64.0 Å². The van der Waals surface area contributed by atoms with Gasteiger partial charge in [0, 0.05) is 39.3 Å². The van der Waals surface area contributed by atoms with Gasteiger partial charge in [-0.25, -0.2) is 0 Å². The summed E-state index contributed by atoms with van der Waals surface area (Å²) in [4.78, 5) is 15.7. The number of hydrogen-bond donors (Lipinski definition) is 1. The van der Waals surface area contributed by atoms with Crippen LogP contribution in [0.5, 0.6) is 0 Å². The Bertz CT molecular complexity index is 324. The van der Waals surface area contributed by atoms with E-state index < -0.39 is 0 Å². The number of rotatable bonds is 5. The molecule has 1 heterocycles. The van der Waals surface area contributed by atoms with Gasteiger partial charge >= 0.3 is 0 Å². The molecule has 2 aliphatic rings. The smallest absolute Gasteiger partial charge is 0.236 e. The number of nitrogens with zero attached hydrogens (tertiary/aromatic N) is 2. The summed E-state index contributed by atoms with van der Waals surface area (Å²) >= 11 is 0. The van der Waals surface area contributed by atoms with E-state index in [0.29, 0.717) is 12.6 Å². The normalized spacial score (nSPS) is 28.5. The number of carbonyl (C=O) groups is 1. The van der Waals surface area contributed by atoms with Crippen molar-refractivity contribution in [2.24, 2.45) is 5.92 Å². The molecule has 1 amide bonds. The van der Waals surface area contributed by atoms with Gasteiger partial charge in [0.05, 0.1) is 6.54 Å². The molecule has 0 bridgehead atoms. The summed E-state index contributed by atoms with van der Waals surface area (Å²) in [5, 5.41) is 3.90. The fraction of sp³-hybridized carbons (Fsp3) is 0.941. The number of likely N-dealkylation sites (tertiary alicyclic amines) is 1. The third-order valence-electron chi connectivity index (χ3n) is 5.28. The van der Waals surface area contributed by atoms with E-state index in [9.17, 15) is 4.79 Å². The fourth-order valence-electron chi connectivity index (χ4n) is 3.74. The Morgan fingerprint density at radius 2 is 1.86 bits per heavy atom. The van der Waals surface area contributed by atoms with Crippen LogP contribution < -0.4 is 5.32 Å². The van der Waals surface area contributed by atoms with Crippen molar-refractivity contribution >= 4 is 5.91 Å². The lowest BCUT2D eigenvalue weighted by Gasteiger charge is -2.37. The average Bonchev–Trinajstić information content (AvgIpc) is 2.49. The lowest BCUT2D eigenvalue weighted by molar-refractivity contribution is -0.130. The molecule has 1 aliphatic heterocycles. The monoisotopic (exact) mass is 295 g/mol. The Labute approximate surface area is 130 Å². The maximum atomic E-state index is 11.7. The van der Waals surface area contributed by atoms with Gasteiger partial charge in [0.1, 0.15) is 0 Å². The maximum absolute atomic E-state index is 11.7. The molecule has 0 radical (unpaired) electrons. The first-order valence-corrected chi connectivity index (χ1v) is 8.77. The van der Waals surface area contributed by atoms with Gasteiger partial charge in [0.15, 0.2) is 0 Å². The van der Waals surface area contributed by atoms with Crippen molar-refractivity contribution in [2.75, 3.05) is 33.7 Å². The second kappa shape index (κ2) is 8.14. The van der Waals surface area contributed by atoms with Gasteiger partial charge in [-0.1, -0.05) is 26.2 Å². The molecule has 2 unspecified atom stereocenters. The topological polar surface area (TPSA) is 35.6 Å². The van der Waals surface area contributed by atoms with E-state index in [1.165, 1.54) is 44.9 Å². The first-order chi connectivity index (χ1) is 10.1. The van der Waals surface area contributed by atoms with E-state index in [4.69, 9.17) is 0 Å². The van der Waals surface area contributed by atoms with Crippen LogP contribution in [0.25, 0.3) is 0 Å². The number of piperidine rings is 1. The molecule has 0 aromatic carbocycles. The van der Waals surface area contributed by atoms with Crippen LogP contribution in [-0.2, 0) is 4.79 Å². The Kier molecular flexibility index (Phi) is 6.49. The van der Waals surface area contributed by atoms with Gasteiger partial charge < -0.3 is 10.2 Å². The second-order valence-corrected chi connectivity index (χ2v) is 7.14. The molecule has 4 nitrogen and oxygen atoms in total. The van der Waals surface area contributed by atoms with E-state index in [-0.39, 0.29) is 5.91 Å². The summed E-state index contributed by atoms with van der Waals surface area (Å²) in [6, 6.07) is 1.40. The van der Waals surface area contributed by atoms with Crippen LogP contribution in [0.4, 0.5) is 0 Å². The molecule has 0 aromatic rings. The Morgan fingerprint density at radius 3 is 2.48 bits per heavy atom. The molecular weight excluding hydrogens is 262 g/mol. The summed E-state index contributed by atoms with van der Waals surface area (Å²) in [5.41, 5.74) is 0. The van der Waals surface area contributed by atoms with Crippen LogP contribution in [-0.4, -0.2) is 61.5 Å². The molecule has 2 fully saturated rings.